The van der Waals surface area contributed by atoms with Crippen molar-refractivity contribution in [3.63, 3.8) is 0 Å². The lowest BCUT2D eigenvalue weighted by Crippen LogP contribution is -1.98. The Balaban J connectivity index is 3.27. The number of benzene rings is 1. The minimum Gasteiger partial charge on any atom is -0.505 e. The number of hydrogen-bond acceptors (Lipinski definition) is 3. The van der Waals surface area contributed by atoms with Crippen LogP contribution in [0.1, 0.15) is 10.4 Å². The molecule has 1 radical (unpaired) electrons. The summed E-state index contributed by atoms with van der Waals surface area (Å²) in [6, 6.07) is 4.95. The van der Waals surface area contributed by atoms with Gasteiger partial charge < -0.3 is 15.9 Å². The van der Waals surface area contributed by atoms with E-state index in [1.54, 1.807) is 0 Å². The van der Waals surface area contributed by atoms with Crippen molar-refractivity contribution in [2.75, 3.05) is 5.73 Å². The molecular weight excluding hydrogens is 146 g/mol. The number of rotatable bonds is 1. The van der Waals surface area contributed by atoms with Gasteiger partial charge in [-0.2, -0.15) is 0 Å². The fraction of sp³-hybridized carbons (Fsp3) is 0. The van der Waals surface area contributed by atoms with Crippen molar-refractivity contribution in [2.24, 2.45) is 0 Å². The van der Waals surface area contributed by atoms with Crippen LogP contribution in [-0.4, -0.2) is 16.2 Å². The van der Waals surface area contributed by atoms with Crippen molar-refractivity contribution < 1.29 is 15.0 Å². The molecular formula is C7H6NO3. The molecule has 4 N–H and O–H groups in total. The van der Waals surface area contributed by atoms with E-state index in [4.69, 9.17) is 15.9 Å². The van der Waals surface area contributed by atoms with E-state index in [9.17, 15) is 4.79 Å². The fourth-order valence-corrected chi connectivity index (χ4v) is 0.670. The number of carboxylic acid groups (broad SMARTS) is 1. The van der Waals surface area contributed by atoms with Crippen molar-refractivity contribution in [3.8, 4) is 5.75 Å². The number of carbonyl (C=O) groups is 1. The monoisotopic (exact) mass is 152 g/mol. The highest BCUT2D eigenvalue weighted by atomic mass is 16.4. The number of nitrogen functional groups attached to an aromatic ring is 1. The smallest absolute Gasteiger partial charge is 0.339 e. The van der Waals surface area contributed by atoms with Gasteiger partial charge in [0, 0.05) is 0 Å². The molecule has 0 bridgehead atoms. The summed E-state index contributed by atoms with van der Waals surface area (Å²) in [7, 11) is 0. The molecule has 0 spiro atoms. The fourth-order valence-electron chi connectivity index (χ4n) is 0.670. The van der Waals surface area contributed by atoms with Gasteiger partial charge >= 0.3 is 5.97 Å². The molecule has 0 unspecified atom stereocenters. The molecule has 57 valence electrons. The SMILES string of the molecule is Nc1c[c]cc(C(=O)O)c1O. The van der Waals surface area contributed by atoms with E-state index in [1.165, 1.54) is 6.07 Å². The van der Waals surface area contributed by atoms with Gasteiger partial charge in [-0.05, 0) is 18.2 Å². The Morgan fingerprint density at radius 2 is 2.18 bits per heavy atom. The summed E-state index contributed by atoms with van der Waals surface area (Å²) in [4.78, 5) is 10.3. The summed E-state index contributed by atoms with van der Waals surface area (Å²) in [5.74, 6) is -1.62. The van der Waals surface area contributed by atoms with Crippen molar-refractivity contribution >= 4 is 11.7 Å². The van der Waals surface area contributed by atoms with Gasteiger partial charge in [0.25, 0.3) is 0 Å². The van der Waals surface area contributed by atoms with Gasteiger partial charge in [0.05, 0.1) is 5.69 Å². The van der Waals surface area contributed by atoms with E-state index >= 15 is 0 Å². The summed E-state index contributed by atoms with van der Waals surface area (Å²) in [6.45, 7) is 0. The van der Waals surface area contributed by atoms with Crippen LogP contribution in [0.5, 0.6) is 5.75 Å². The molecule has 0 atom stereocenters. The Morgan fingerprint density at radius 3 is 2.64 bits per heavy atom. The van der Waals surface area contributed by atoms with Crippen LogP contribution in [0.4, 0.5) is 5.69 Å². The van der Waals surface area contributed by atoms with Gasteiger partial charge in [0.2, 0.25) is 0 Å². The maximum Gasteiger partial charge on any atom is 0.339 e. The van der Waals surface area contributed by atoms with Crippen LogP contribution in [0.3, 0.4) is 0 Å². The third-order valence-electron chi connectivity index (χ3n) is 1.23. The predicted molar refractivity (Wildman–Crippen MR) is 38.3 cm³/mol. The lowest BCUT2D eigenvalue weighted by molar-refractivity contribution is 0.0694. The molecule has 11 heavy (non-hydrogen) atoms. The first-order valence-electron chi connectivity index (χ1n) is 2.84. The molecule has 0 amide bonds. The first kappa shape index (κ1) is 7.40. The third kappa shape index (κ3) is 1.24. The summed E-state index contributed by atoms with van der Waals surface area (Å²) in [5, 5.41) is 17.5. The molecule has 0 aliphatic rings. The van der Waals surface area contributed by atoms with Gasteiger partial charge in [-0.25, -0.2) is 4.79 Å². The molecule has 0 aliphatic heterocycles. The average molecular weight is 152 g/mol. The first-order valence-corrected chi connectivity index (χ1v) is 2.84. The second-order valence-electron chi connectivity index (χ2n) is 1.98. The van der Waals surface area contributed by atoms with Crippen LogP contribution in [0.15, 0.2) is 12.1 Å². The van der Waals surface area contributed by atoms with Gasteiger partial charge in [-0.3, -0.25) is 0 Å². The highest BCUT2D eigenvalue weighted by Crippen LogP contribution is 2.23. The highest BCUT2D eigenvalue weighted by molar-refractivity contribution is 5.92. The zero-order chi connectivity index (χ0) is 8.43. The zero-order valence-electron chi connectivity index (χ0n) is 5.53. The highest BCUT2D eigenvalue weighted by Gasteiger charge is 2.10. The maximum atomic E-state index is 10.3. The van der Waals surface area contributed by atoms with E-state index in [0.29, 0.717) is 0 Å². The van der Waals surface area contributed by atoms with E-state index in [-0.39, 0.29) is 11.3 Å². The van der Waals surface area contributed by atoms with Crippen molar-refractivity contribution in [1.29, 1.82) is 0 Å². The molecule has 4 heteroatoms. The predicted octanol–water partition coefficient (Wildman–Crippen LogP) is 0.473. The largest absolute Gasteiger partial charge is 0.505 e. The van der Waals surface area contributed by atoms with Gasteiger partial charge in [0.1, 0.15) is 5.56 Å². The summed E-state index contributed by atoms with van der Waals surface area (Å²) in [6.07, 6.45) is 0. The Hall–Kier alpha value is -1.71. The Morgan fingerprint density at radius 1 is 1.55 bits per heavy atom. The summed E-state index contributed by atoms with van der Waals surface area (Å²) in [5.41, 5.74) is 5.00. The van der Waals surface area contributed by atoms with Gasteiger partial charge in [0.15, 0.2) is 5.75 Å². The molecule has 0 saturated heterocycles. The van der Waals surface area contributed by atoms with Crippen LogP contribution < -0.4 is 5.73 Å². The van der Waals surface area contributed by atoms with E-state index in [1.807, 2.05) is 0 Å². The Labute approximate surface area is 62.9 Å². The number of nitrogens with two attached hydrogens (primary N) is 1. The lowest BCUT2D eigenvalue weighted by Gasteiger charge is -2.00. The minimum absolute atomic E-state index is 0.0184. The average Bonchev–Trinajstić information content (AvgIpc) is 1.94. The van der Waals surface area contributed by atoms with Crippen LogP contribution in [0, 0.1) is 6.07 Å². The van der Waals surface area contributed by atoms with Crippen LogP contribution in [0.25, 0.3) is 0 Å². The van der Waals surface area contributed by atoms with Crippen molar-refractivity contribution in [3.05, 3.63) is 23.8 Å². The third-order valence-corrected chi connectivity index (χ3v) is 1.23. The maximum absolute atomic E-state index is 10.3. The summed E-state index contributed by atoms with van der Waals surface area (Å²) < 4.78 is 0. The molecule has 4 nitrogen and oxygen atoms in total. The van der Waals surface area contributed by atoms with Crippen LogP contribution in [-0.2, 0) is 0 Å². The number of carboxylic acids is 1. The number of aromatic hydroxyl groups is 1. The zero-order valence-corrected chi connectivity index (χ0v) is 5.53. The van der Waals surface area contributed by atoms with E-state index in [2.05, 4.69) is 6.07 Å². The normalized spacial score (nSPS) is 9.45. The molecule has 0 aliphatic carbocycles. The molecule has 0 fully saturated rings. The number of hydrogen-bond donors (Lipinski definition) is 3. The van der Waals surface area contributed by atoms with Gasteiger partial charge in [-0.1, -0.05) is 0 Å². The minimum atomic E-state index is -1.22. The lowest BCUT2D eigenvalue weighted by atomic mass is 10.2. The Kier molecular flexibility index (Phi) is 1.68. The summed E-state index contributed by atoms with van der Waals surface area (Å²) >= 11 is 0. The molecule has 0 aromatic heterocycles. The van der Waals surface area contributed by atoms with Gasteiger partial charge in [-0.15, -0.1) is 0 Å². The van der Waals surface area contributed by atoms with Crippen LogP contribution in [0.2, 0.25) is 0 Å². The topological polar surface area (TPSA) is 83.6 Å². The standard InChI is InChI=1S/C7H6NO3/c8-5-3-1-2-4(6(5)9)7(10)11/h2-3,9H,8H2,(H,10,11). The Bertz CT molecular complexity index is 296. The quantitative estimate of drug-likeness (QED) is 0.403. The molecule has 0 heterocycles. The first-order chi connectivity index (χ1) is 5.13. The molecule has 1 rings (SSSR count). The molecule has 0 saturated carbocycles. The molecule has 1 aromatic carbocycles. The number of aromatic carboxylic acids is 1. The van der Waals surface area contributed by atoms with E-state index < -0.39 is 11.7 Å². The molecule has 1 aromatic rings. The van der Waals surface area contributed by atoms with E-state index in [0.717, 1.165) is 6.07 Å². The number of phenols is 1. The second-order valence-corrected chi connectivity index (χ2v) is 1.98. The van der Waals surface area contributed by atoms with Crippen molar-refractivity contribution in [1.82, 2.24) is 0 Å². The second kappa shape index (κ2) is 2.49. The van der Waals surface area contributed by atoms with Crippen LogP contribution >= 0.6 is 0 Å². The number of anilines is 1. The van der Waals surface area contributed by atoms with Crippen molar-refractivity contribution in [2.45, 2.75) is 0 Å².